The van der Waals surface area contributed by atoms with E-state index in [0.717, 1.165) is 46.9 Å². The van der Waals surface area contributed by atoms with E-state index in [1.165, 1.54) is 24.3 Å². The molecule has 10 heteroatoms. The third-order valence-corrected chi connectivity index (χ3v) is 7.38. The summed E-state index contributed by atoms with van der Waals surface area (Å²) < 4.78 is 79.7. The summed E-state index contributed by atoms with van der Waals surface area (Å²) >= 11 is 2.08. The summed E-state index contributed by atoms with van der Waals surface area (Å²) in [5, 5.41) is 0.131. The van der Waals surface area contributed by atoms with Crippen LogP contribution in [0.5, 0.6) is 0 Å². The summed E-state index contributed by atoms with van der Waals surface area (Å²) in [6.07, 6.45) is -9.20. The molecule has 0 saturated heterocycles. The maximum Gasteiger partial charge on any atom is 0.416 e. The zero-order chi connectivity index (χ0) is 23.0. The van der Waals surface area contributed by atoms with Gasteiger partial charge in [0.05, 0.1) is 11.1 Å². The average molecular weight is 482 g/mol. The molecule has 0 radical (unpaired) electrons. The molecule has 2 aromatic heterocycles. The minimum Gasteiger partial charge on any atom is -0.289 e. The molecule has 0 fully saturated rings. The summed E-state index contributed by atoms with van der Waals surface area (Å²) in [4.78, 5) is 25.9. The summed E-state index contributed by atoms with van der Waals surface area (Å²) in [6, 6.07) is 8.60. The van der Waals surface area contributed by atoms with Crippen LogP contribution in [0.3, 0.4) is 0 Å². The van der Waals surface area contributed by atoms with Crippen molar-refractivity contribution in [2.45, 2.75) is 12.4 Å². The molecule has 0 atom stereocenters. The zero-order valence-corrected chi connectivity index (χ0v) is 17.2. The number of halogens is 6. The fourth-order valence-corrected chi connectivity index (χ4v) is 5.70. The van der Waals surface area contributed by atoms with Crippen molar-refractivity contribution in [3.8, 4) is 0 Å². The van der Waals surface area contributed by atoms with Crippen molar-refractivity contribution >= 4 is 63.0 Å². The highest BCUT2D eigenvalue weighted by Crippen LogP contribution is 2.36. The standard InChI is InChI=1S/C22H8F6O2S2/c23-21(24,25)9-1-3-15-11(5-9)19(29)13-8-18-14(7-17(13)31-15)20(30)12-6-10(22(26,27)28)2-4-16(12)32-18/h1-8H. The van der Waals surface area contributed by atoms with Crippen LogP contribution in [-0.2, 0) is 12.4 Å². The van der Waals surface area contributed by atoms with Crippen LogP contribution in [0, 0.1) is 0 Å². The lowest BCUT2D eigenvalue weighted by Gasteiger charge is -2.09. The Morgan fingerprint density at radius 3 is 1.19 bits per heavy atom. The molecular weight excluding hydrogens is 474 g/mol. The lowest BCUT2D eigenvalue weighted by atomic mass is 10.1. The van der Waals surface area contributed by atoms with Gasteiger partial charge in [0.2, 0.25) is 0 Å². The van der Waals surface area contributed by atoms with Crippen molar-refractivity contribution < 1.29 is 26.3 Å². The fraction of sp³-hybridized carbons (Fsp3) is 0.0909. The first-order valence-electron chi connectivity index (χ1n) is 8.99. The number of rotatable bonds is 0. The highest BCUT2D eigenvalue weighted by Gasteiger charge is 2.31. The van der Waals surface area contributed by atoms with Crippen LogP contribution in [0.2, 0.25) is 0 Å². The van der Waals surface area contributed by atoms with Crippen molar-refractivity contribution in [3.05, 3.63) is 80.1 Å². The van der Waals surface area contributed by atoms with Gasteiger partial charge in [0.15, 0.2) is 10.9 Å². The Hall–Kier alpha value is -2.98. The van der Waals surface area contributed by atoms with E-state index >= 15 is 0 Å². The average Bonchev–Trinajstić information content (AvgIpc) is 2.71. The fourth-order valence-electron chi connectivity index (χ4n) is 3.56. The lowest BCUT2D eigenvalue weighted by Crippen LogP contribution is -2.09. The van der Waals surface area contributed by atoms with Gasteiger partial charge in [0.1, 0.15) is 0 Å². The first kappa shape index (κ1) is 20.9. The summed E-state index contributed by atoms with van der Waals surface area (Å²) in [5.41, 5.74) is -3.08. The van der Waals surface area contributed by atoms with E-state index in [0.29, 0.717) is 18.8 Å². The van der Waals surface area contributed by atoms with Crippen molar-refractivity contribution in [2.24, 2.45) is 0 Å². The molecular formula is C22H8F6O2S2. The van der Waals surface area contributed by atoms with Crippen molar-refractivity contribution in [3.63, 3.8) is 0 Å². The van der Waals surface area contributed by atoms with E-state index in [2.05, 4.69) is 0 Å². The van der Waals surface area contributed by atoms with Gasteiger partial charge < -0.3 is 0 Å². The molecule has 0 spiro atoms. The monoisotopic (exact) mass is 482 g/mol. The SMILES string of the molecule is O=c1c2cc(C(F)(F)F)ccc2sc2cc3c(=O)c4cc(C(F)(F)F)ccc4sc3cc12. The maximum atomic E-state index is 13.1. The number of benzene rings is 3. The van der Waals surface area contributed by atoms with Crippen LogP contribution >= 0.6 is 22.7 Å². The molecule has 32 heavy (non-hydrogen) atoms. The Morgan fingerprint density at radius 2 is 0.844 bits per heavy atom. The molecule has 3 aromatic carbocycles. The van der Waals surface area contributed by atoms with Crippen LogP contribution in [0.4, 0.5) is 26.3 Å². The quantitative estimate of drug-likeness (QED) is 0.173. The number of hydrogen-bond acceptors (Lipinski definition) is 4. The molecule has 162 valence electrons. The molecule has 0 amide bonds. The van der Waals surface area contributed by atoms with Crippen molar-refractivity contribution in [2.75, 3.05) is 0 Å². The Morgan fingerprint density at radius 1 is 0.500 bits per heavy atom. The Balaban J connectivity index is 1.85. The maximum absolute atomic E-state index is 13.1. The molecule has 0 bridgehead atoms. The second-order valence-electron chi connectivity index (χ2n) is 7.12. The predicted octanol–water partition coefficient (Wildman–Crippen LogP) is 7.18. The second kappa shape index (κ2) is 6.76. The van der Waals surface area contributed by atoms with Crippen LogP contribution in [-0.4, -0.2) is 0 Å². The number of fused-ring (bicyclic) bond motifs is 4. The molecule has 0 N–H and O–H groups in total. The van der Waals surface area contributed by atoms with Gasteiger partial charge in [0.25, 0.3) is 0 Å². The third kappa shape index (κ3) is 3.25. The van der Waals surface area contributed by atoms with E-state index < -0.39 is 34.3 Å². The zero-order valence-electron chi connectivity index (χ0n) is 15.5. The Labute approximate surface area is 182 Å². The highest BCUT2D eigenvalue weighted by molar-refractivity contribution is 7.26. The minimum atomic E-state index is -4.60. The molecule has 5 rings (SSSR count). The molecule has 0 aliphatic rings. The normalized spacial score (nSPS) is 12.9. The first-order chi connectivity index (χ1) is 14.9. The highest BCUT2D eigenvalue weighted by atomic mass is 32.1. The third-order valence-electron chi connectivity index (χ3n) is 5.11. The van der Waals surface area contributed by atoms with Gasteiger partial charge in [0, 0.05) is 40.3 Å². The van der Waals surface area contributed by atoms with E-state index in [4.69, 9.17) is 0 Å². The number of alkyl halides is 6. The molecule has 0 saturated carbocycles. The molecule has 0 unspecified atom stereocenters. The van der Waals surface area contributed by atoms with Gasteiger partial charge in [-0.15, -0.1) is 22.7 Å². The first-order valence-corrected chi connectivity index (χ1v) is 10.6. The molecule has 2 nitrogen and oxygen atoms in total. The summed E-state index contributed by atoms with van der Waals surface area (Å²) in [5.74, 6) is 0. The molecule has 0 aliphatic heterocycles. The van der Waals surface area contributed by atoms with Crippen LogP contribution < -0.4 is 10.9 Å². The summed E-state index contributed by atoms with van der Waals surface area (Å²) in [6.45, 7) is 0. The Kier molecular flexibility index (Phi) is 4.41. The summed E-state index contributed by atoms with van der Waals surface area (Å²) in [7, 11) is 0. The lowest BCUT2D eigenvalue weighted by molar-refractivity contribution is -0.138. The van der Waals surface area contributed by atoms with Gasteiger partial charge >= 0.3 is 12.4 Å². The Bertz CT molecular complexity index is 1570. The van der Waals surface area contributed by atoms with Crippen LogP contribution in [0.1, 0.15) is 11.1 Å². The van der Waals surface area contributed by atoms with E-state index in [9.17, 15) is 35.9 Å². The van der Waals surface area contributed by atoms with Crippen LogP contribution in [0.25, 0.3) is 40.3 Å². The van der Waals surface area contributed by atoms with Crippen molar-refractivity contribution in [1.29, 1.82) is 0 Å². The van der Waals surface area contributed by atoms with Gasteiger partial charge in [-0.25, -0.2) is 0 Å². The molecule has 5 aromatic rings. The largest absolute Gasteiger partial charge is 0.416 e. The van der Waals surface area contributed by atoms with E-state index in [1.54, 1.807) is 0 Å². The van der Waals surface area contributed by atoms with Gasteiger partial charge in [-0.2, -0.15) is 26.3 Å². The van der Waals surface area contributed by atoms with Crippen LogP contribution in [0.15, 0.2) is 58.1 Å². The smallest absolute Gasteiger partial charge is 0.289 e. The predicted molar refractivity (Wildman–Crippen MR) is 115 cm³/mol. The minimum absolute atomic E-state index is 0.0837. The molecule has 2 heterocycles. The molecule has 0 aliphatic carbocycles. The van der Waals surface area contributed by atoms with Gasteiger partial charge in [-0.1, -0.05) is 0 Å². The second-order valence-corrected chi connectivity index (χ2v) is 9.29. The number of hydrogen-bond donors (Lipinski definition) is 0. The van der Waals surface area contributed by atoms with Gasteiger partial charge in [-0.05, 0) is 48.5 Å². The van der Waals surface area contributed by atoms with Crippen molar-refractivity contribution in [1.82, 2.24) is 0 Å². The topological polar surface area (TPSA) is 34.1 Å². The van der Waals surface area contributed by atoms with E-state index in [-0.39, 0.29) is 21.5 Å². The van der Waals surface area contributed by atoms with Gasteiger partial charge in [-0.3, -0.25) is 9.59 Å². The van der Waals surface area contributed by atoms with E-state index in [1.807, 2.05) is 0 Å².